The molecule has 3 heterocycles. The summed E-state index contributed by atoms with van der Waals surface area (Å²) in [4.78, 5) is 6.38. The summed E-state index contributed by atoms with van der Waals surface area (Å²) in [5, 5.41) is 0. The predicted molar refractivity (Wildman–Crippen MR) is 198 cm³/mol. The molecule has 2 unspecified atom stereocenters. The zero-order chi connectivity index (χ0) is 35.8. The second kappa shape index (κ2) is 16.5. The maximum absolute atomic E-state index is 14.3. The highest BCUT2D eigenvalue weighted by molar-refractivity contribution is 8.33. The Morgan fingerprint density at radius 1 is 0.615 bits per heavy atom. The van der Waals surface area contributed by atoms with E-state index >= 15 is 0 Å². The SMILES string of the molecule is Cc1ccc(S(=O)(=O)OS(c2ccc(OCc3ccccn3)cc2)(c2ccc(OC3CCCCO3)cc2)c2ccc(OC3CCCCO3)cc2)cc1. The third kappa shape index (κ3) is 8.62. The van der Waals surface area contributed by atoms with Gasteiger partial charge in [0, 0.05) is 33.7 Å². The van der Waals surface area contributed by atoms with Gasteiger partial charge in [0.25, 0.3) is 0 Å². The van der Waals surface area contributed by atoms with Crippen molar-refractivity contribution in [2.45, 2.75) is 84.2 Å². The Bertz CT molecular complexity index is 1910. The molecule has 0 aliphatic carbocycles. The average Bonchev–Trinajstić information content (AvgIpc) is 3.18. The van der Waals surface area contributed by atoms with Crippen LogP contribution in [0.3, 0.4) is 0 Å². The summed E-state index contributed by atoms with van der Waals surface area (Å²) in [5.41, 5.74) is 1.73. The van der Waals surface area contributed by atoms with Crippen LogP contribution in [0.4, 0.5) is 0 Å². The van der Waals surface area contributed by atoms with Gasteiger partial charge in [-0.3, -0.25) is 4.98 Å². The molecule has 0 N–H and O–H groups in total. The average molecular weight is 742 g/mol. The molecule has 2 atom stereocenters. The zero-order valence-corrected chi connectivity index (χ0v) is 30.7. The number of nitrogens with zero attached hydrogens (tertiary/aromatic N) is 1. The molecular weight excluding hydrogens is 699 g/mol. The maximum atomic E-state index is 14.3. The summed E-state index contributed by atoms with van der Waals surface area (Å²) < 4.78 is 65.3. The number of hydrogen-bond acceptors (Lipinski definition) is 9. The lowest BCUT2D eigenvalue weighted by molar-refractivity contribution is -0.106. The highest BCUT2D eigenvalue weighted by atomic mass is 32.3. The van der Waals surface area contributed by atoms with Gasteiger partial charge in [0.2, 0.25) is 0 Å². The van der Waals surface area contributed by atoms with Crippen LogP contribution in [0.1, 0.15) is 49.8 Å². The molecule has 2 aliphatic rings. The molecule has 52 heavy (non-hydrogen) atoms. The third-order valence-corrected chi connectivity index (χ3v) is 14.1. The van der Waals surface area contributed by atoms with E-state index < -0.39 is 20.4 Å². The van der Waals surface area contributed by atoms with Crippen molar-refractivity contribution in [2.24, 2.45) is 0 Å². The number of aryl methyl sites for hydroxylation is 1. The first kappa shape index (κ1) is 36.0. The molecule has 2 aliphatic heterocycles. The molecule has 0 saturated carbocycles. The summed E-state index contributed by atoms with van der Waals surface area (Å²) >= 11 is 0. The van der Waals surface area contributed by atoms with Crippen molar-refractivity contribution in [1.29, 1.82) is 0 Å². The van der Waals surface area contributed by atoms with E-state index in [4.69, 9.17) is 27.3 Å². The van der Waals surface area contributed by atoms with Crippen LogP contribution >= 0.6 is 10.3 Å². The fraction of sp³-hybridized carbons (Fsp3) is 0.293. The first-order valence-corrected chi connectivity index (χ1v) is 20.6. The molecule has 5 aromatic rings. The monoisotopic (exact) mass is 741 g/mol. The Hall–Kier alpha value is -4.39. The van der Waals surface area contributed by atoms with Gasteiger partial charge in [0.1, 0.15) is 23.9 Å². The van der Waals surface area contributed by atoms with Gasteiger partial charge in [-0.05, 0) is 140 Å². The lowest BCUT2D eigenvalue weighted by atomic mass is 10.2. The Balaban J connectivity index is 1.30. The van der Waals surface area contributed by atoms with E-state index in [1.807, 2.05) is 97.9 Å². The van der Waals surface area contributed by atoms with Crippen LogP contribution in [-0.2, 0) is 29.8 Å². The van der Waals surface area contributed by atoms with Crippen molar-refractivity contribution >= 4 is 20.4 Å². The van der Waals surface area contributed by atoms with Crippen molar-refractivity contribution in [3.05, 3.63) is 133 Å². The number of ether oxygens (including phenoxy) is 5. The van der Waals surface area contributed by atoms with Crippen LogP contribution in [0.2, 0.25) is 0 Å². The molecular formula is C41H43NO8S2. The molecule has 272 valence electrons. The molecule has 2 saturated heterocycles. The largest absolute Gasteiger partial charge is 0.487 e. The van der Waals surface area contributed by atoms with E-state index in [1.54, 1.807) is 30.5 Å². The normalized spacial score (nSPS) is 19.6. The summed E-state index contributed by atoms with van der Waals surface area (Å²) in [7, 11) is -7.27. The van der Waals surface area contributed by atoms with Crippen molar-refractivity contribution in [1.82, 2.24) is 4.98 Å². The van der Waals surface area contributed by atoms with Gasteiger partial charge in [0.15, 0.2) is 12.6 Å². The minimum absolute atomic E-state index is 0.0640. The van der Waals surface area contributed by atoms with E-state index in [-0.39, 0.29) is 24.1 Å². The van der Waals surface area contributed by atoms with E-state index in [1.165, 1.54) is 0 Å². The second-order valence-electron chi connectivity index (χ2n) is 12.7. The minimum Gasteiger partial charge on any atom is -0.487 e. The van der Waals surface area contributed by atoms with Gasteiger partial charge >= 0.3 is 10.1 Å². The number of rotatable bonds is 13. The predicted octanol–water partition coefficient (Wildman–Crippen LogP) is 9.38. The van der Waals surface area contributed by atoms with Crippen molar-refractivity contribution in [2.75, 3.05) is 13.2 Å². The summed E-state index contributed by atoms with van der Waals surface area (Å²) in [6.45, 7) is 3.52. The minimum atomic E-state index is -4.31. The van der Waals surface area contributed by atoms with Crippen molar-refractivity contribution in [3.8, 4) is 17.2 Å². The van der Waals surface area contributed by atoms with Crippen LogP contribution < -0.4 is 14.2 Å². The van der Waals surface area contributed by atoms with Crippen molar-refractivity contribution in [3.63, 3.8) is 0 Å². The Kier molecular flexibility index (Phi) is 11.4. The van der Waals surface area contributed by atoms with E-state index in [2.05, 4.69) is 4.98 Å². The molecule has 0 spiro atoms. The van der Waals surface area contributed by atoms with E-state index in [0.717, 1.165) is 49.8 Å². The Morgan fingerprint density at radius 2 is 1.12 bits per heavy atom. The van der Waals surface area contributed by atoms with Gasteiger partial charge < -0.3 is 23.7 Å². The van der Waals surface area contributed by atoms with Gasteiger partial charge in [-0.1, -0.05) is 23.8 Å². The second-order valence-corrected chi connectivity index (χ2v) is 17.2. The highest BCUT2D eigenvalue weighted by Gasteiger charge is 2.39. The molecule has 7 rings (SSSR count). The quantitative estimate of drug-likeness (QED) is 0.117. The summed E-state index contributed by atoms with van der Waals surface area (Å²) in [5.74, 6) is 1.86. The van der Waals surface area contributed by atoms with Crippen LogP contribution in [0, 0.1) is 6.92 Å². The van der Waals surface area contributed by atoms with Crippen LogP contribution in [0.15, 0.2) is 141 Å². The first-order chi connectivity index (χ1) is 25.4. The van der Waals surface area contributed by atoms with E-state index in [9.17, 15) is 8.42 Å². The van der Waals surface area contributed by atoms with Crippen LogP contribution in [-0.4, -0.2) is 39.2 Å². The summed E-state index contributed by atoms with van der Waals surface area (Å²) in [6.07, 6.45) is 6.80. The Labute approximate surface area is 307 Å². The van der Waals surface area contributed by atoms with Gasteiger partial charge in [-0.25, -0.2) is 3.63 Å². The zero-order valence-electron chi connectivity index (χ0n) is 29.1. The number of aromatic nitrogens is 1. The molecule has 0 amide bonds. The lowest BCUT2D eigenvalue weighted by Crippen LogP contribution is -2.25. The first-order valence-electron chi connectivity index (χ1n) is 17.6. The molecule has 0 bridgehead atoms. The summed E-state index contributed by atoms with van der Waals surface area (Å²) in [6, 6.07) is 34.6. The van der Waals surface area contributed by atoms with Gasteiger partial charge in [-0.2, -0.15) is 8.42 Å². The van der Waals surface area contributed by atoms with Gasteiger partial charge in [0.05, 0.1) is 23.8 Å². The fourth-order valence-electron chi connectivity index (χ4n) is 6.10. The number of hydrogen-bond donors (Lipinski definition) is 0. The fourth-order valence-corrected chi connectivity index (χ4v) is 11.3. The topological polar surface area (TPSA) is 102 Å². The molecule has 11 heteroatoms. The standard InChI is InChI=1S/C41H43NO8S2/c1-31-11-19-39(20-12-31)52(43,44)50-51(37-23-15-34(16-24-37)48-40-9-3-6-28-45-40,38-25-17-35(18-26-38)49-41-10-4-7-29-46-41)36-21-13-33(14-22-36)47-30-32-8-2-5-27-42-32/h2,5,8,11-27,40-41H,3-4,6-7,9-10,28-30H2,1H3. The smallest absolute Gasteiger partial charge is 0.307 e. The molecule has 4 aromatic carbocycles. The van der Waals surface area contributed by atoms with E-state index in [0.29, 0.717) is 45.1 Å². The molecule has 9 nitrogen and oxygen atoms in total. The van der Waals surface area contributed by atoms with Crippen LogP contribution in [0.25, 0.3) is 0 Å². The van der Waals surface area contributed by atoms with Gasteiger partial charge in [-0.15, -0.1) is 0 Å². The van der Waals surface area contributed by atoms with Crippen molar-refractivity contribution < 1.29 is 35.7 Å². The Morgan fingerprint density at radius 3 is 1.58 bits per heavy atom. The lowest BCUT2D eigenvalue weighted by Gasteiger charge is -2.39. The molecule has 2 fully saturated rings. The number of pyridine rings is 1. The molecule has 0 radical (unpaired) electrons. The highest BCUT2D eigenvalue weighted by Crippen LogP contribution is 2.70. The third-order valence-electron chi connectivity index (χ3n) is 8.89. The molecule has 1 aromatic heterocycles. The number of benzene rings is 4. The maximum Gasteiger partial charge on any atom is 0.307 e. The van der Waals surface area contributed by atoms with Crippen LogP contribution in [0.5, 0.6) is 17.2 Å².